The van der Waals surface area contributed by atoms with Crippen LogP contribution in [-0.2, 0) is 6.42 Å². The zero-order chi connectivity index (χ0) is 11.8. The predicted molar refractivity (Wildman–Crippen MR) is 66.4 cm³/mol. The first-order chi connectivity index (χ1) is 7.75. The molecular weight excluding hydrogens is 200 g/mol. The molecule has 1 rings (SSSR count). The number of carbonyl (C=O) groups is 1. The fourth-order valence-electron chi connectivity index (χ4n) is 1.94. The number of aryl methyl sites for hydroxylation is 1. The average Bonchev–Trinajstić information content (AvgIpc) is 2.71. The predicted octanol–water partition coefficient (Wildman–Crippen LogP) is 3.02. The molecule has 3 N–H and O–H groups in total. The highest BCUT2D eigenvalue weighted by atomic mass is 16.1. The summed E-state index contributed by atoms with van der Waals surface area (Å²) < 4.78 is 0. The van der Waals surface area contributed by atoms with Gasteiger partial charge in [0, 0.05) is 6.20 Å². The van der Waals surface area contributed by atoms with Crippen LogP contribution in [0.15, 0.2) is 12.3 Å². The molecular formula is C13H22N2O. The summed E-state index contributed by atoms with van der Waals surface area (Å²) in [6.07, 6.45) is 10.3. The number of hydrogen-bond acceptors (Lipinski definition) is 1. The summed E-state index contributed by atoms with van der Waals surface area (Å²) in [5.41, 5.74) is 6.89. The summed E-state index contributed by atoms with van der Waals surface area (Å²) in [6, 6.07) is 1.95. The highest BCUT2D eigenvalue weighted by molar-refractivity contribution is 5.92. The van der Waals surface area contributed by atoms with Crippen molar-refractivity contribution in [2.24, 2.45) is 5.73 Å². The molecule has 90 valence electrons. The number of amides is 1. The van der Waals surface area contributed by atoms with Crippen LogP contribution in [0.1, 0.15) is 61.5 Å². The van der Waals surface area contributed by atoms with Gasteiger partial charge >= 0.3 is 0 Å². The highest BCUT2D eigenvalue weighted by Gasteiger charge is 2.07. The van der Waals surface area contributed by atoms with Crippen LogP contribution in [-0.4, -0.2) is 10.9 Å². The van der Waals surface area contributed by atoms with E-state index in [1.165, 1.54) is 32.1 Å². The molecule has 0 aliphatic heterocycles. The van der Waals surface area contributed by atoms with Crippen LogP contribution in [0.3, 0.4) is 0 Å². The molecule has 1 heterocycles. The van der Waals surface area contributed by atoms with Crippen molar-refractivity contribution in [2.75, 3.05) is 0 Å². The lowest BCUT2D eigenvalue weighted by Crippen LogP contribution is -2.13. The van der Waals surface area contributed by atoms with E-state index in [9.17, 15) is 4.79 Å². The molecule has 1 aromatic heterocycles. The lowest BCUT2D eigenvalue weighted by atomic mass is 10.1. The van der Waals surface area contributed by atoms with E-state index < -0.39 is 0 Å². The Morgan fingerprint density at radius 1 is 1.25 bits per heavy atom. The van der Waals surface area contributed by atoms with Crippen molar-refractivity contribution in [2.45, 2.75) is 51.9 Å². The van der Waals surface area contributed by atoms with Gasteiger partial charge in [0.1, 0.15) is 5.69 Å². The number of rotatable bonds is 8. The van der Waals surface area contributed by atoms with Gasteiger partial charge in [-0.25, -0.2) is 0 Å². The first-order valence-corrected chi connectivity index (χ1v) is 6.21. The SMILES string of the molecule is CCCCCCCCc1cc[nH]c1C(N)=O. The second-order valence-electron chi connectivity index (χ2n) is 4.26. The van der Waals surface area contributed by atoms with Crippen molar-refractivity contribution in [3.8, 4) is 0 Å². The Bertz CT molecular complexity index is 317. The van der Waals surface area contributed by atoms with Gasteiger partial charge in [-0.05, 0) is 24.5 Å². The summed E-state index contributed by atoms with van der Waals surface area (Å²) >= 11 is 0. The fourth-order valence-corrected chi connectivity index (χ4v) is 1.94. The van der Waals surface area contributed by atoms with Gasteiger partial charge in [0.05, 0.1) is 0 Å². The minimum absolute atomic E-state index is 0.356. The van der Waals surface area contributed by atoms with Crippen molar-refractivity contribution < 1.29 is 4.79 Å². The number of nitrogens with two attached hydrogens (primary N) is 1. The van der Waals surface area contributed by atoms with Gasteiger partial charge in [-0.15, -0.1) is 0 Å². The van der Waals surface area contributed by atoms with Gasteiger partial charge < -0.3 is 10.7 Å². The van der Waals surface area contributed by atoms with E-state index in [0.29, 0.717) is 5.69 Å². The van der Waals surface area contributed by atoms with Gasteiger partial charge in [0.2, 0.25) is 0 Å². The Morgan fingerprint density at radius 2 is 1.94 bits per heavy atom. The molecule has 3 nitrogen and oxygen atoms in total. The molecule has 0 spiro atoms. The van der Waals surface area contributed by atoms with Crippen molar-refractivity contribution in [1.82, 2.24) is 4.98 Å². The summed E-state index contributed by atoms with van der Waals surface area (Å²) in [5, 5.41) is 0. The Hall–Kier alpha value is -1.25. The van der Waals surface area contributed by atoms with Gasteiger partial charge in [-0.1, -0.05) is 39.0 Å². The first-order valence-electron chi connectivity index (χ1n) is 6.21. The number of primary amides is 1. The molecule has 0 radical (unpaired) electrons. The summed E-state index contributed by atoms with van der Waals surface area (Å²) in [7, 11) is 0. The van der Waals surface area contributed by atoms with E-state index in [1.54, 1.807) is 6.20 Å². The summed E-state index contributed by atoms with van der Waals surface area (Å²) in [6.45, 7) is 2.22. The Balaban J connectivity index is 2.21. The smallest absolute Gasteiger partial charge is 0.265 e. The number of H-pyrrole nitrogens is 1. The third kappa shape index (κ3) is 4.09. The fraction of sp³-hybridized carbons (Fsp3) is 0.615. The number of nitrogens with one attached hydrogen (secondary N) is 1. The Labute approximate surface area is 97.4 Å². The maximum absolute atomic E-state index is 11.0. The quantitative estimate of drug-likeness (QED) is 0.653. The van der Waals surface area contributed by atoms with Crippen LogP contribution in [0.2, 0.25) is 0 Å². The van der Waals surface area contributed by atoms with E-state index >= 15 is 0 Å². The van der Waals surface area contributed by atoms with Crippen LogP contribution in [0.25, 0.3) is 0 Å². The highest BCUT2D eigenvalue weighted by Crippen LogP contribution is 2.12. The number of hydrogen-bond donors (Lipinski definition) is 2. The van der Waals surface area contributed by atoms with Crippen molar-refractivity contribution in [3.05, 3.63) is 23.5 Å². The second-order valence-corrected chi connectivity index (χ2v) is 4.26. The molecule has 0 aliphatic rings. The van der Waals surface area contributed by atoms with E-state index in [0.717, 1.165) is 18.4 Å². The van der Waals surface area contributed by atoms with Crippen LogP contribution in [0.4, 0.5) is 0 Å². The molecule has 0 aliphatic carbocycles. The van der Waals surface area contributed by atoms with E-state index in [1.807, 2.05) is 6.07 Å². The molecule has 3 heteroatoms. The molecule has 0 fully saturated rings. The van der Waals surface area contributed by atoms with Gasteiger partial charge in [-0.3, -0.25) is 4.79 Å². The van der Waals surface area contributed by atoms with Crippen LogP contribution in [0.5, 0.6) is 0 Å². The van der Waals surface area contributed by atoms with E-state index in [4.69, 9.17) is 5.73 Å². The van der Waals surface area contributed by atoms with Crippen molar-refractivity contribution in [1.29, 1.82) is 0 Å². The molecule has 0 saturated carbocycles. The van der Waals surface area contributed by atoms with Crippen LogP contribution >= 0.6 is 0 Å². The van der Waals surface area contributed by atoms with E-state index in [2.05, 4.69) is 11.9 Å². The molecule has 0 atom stereocenters. The lowest BCUT2D eigenvalue weighted by molar-refractivity contribution is 0.0995. The minimum atomic E-state index is -0.356. The molecule has 1 aromatic rings. The zero-order valence-corrected chi connectivity index (χ0v) is 10.1. The molecule has 0 aromatic carbocycles. The maximum Gasteiger partial charge on any atom is 0.265 e. The largest absolute Gasteiger partial charge is 0.364 e. The molecule has 0 unspecified atom stereocenters. The number of carbonyl (C=O) groups excluding carboxylic acids is 1. The van der Waals surface area contributed by atoms with Gasteiger partial charge in [0.25, 0.3) is 5.91 Å². The van der Waals surface area contributed by atoms with Crippen molar-refractivity contribution >= 4 is 5.91 Å². The second kappa shape index (κ2) is 7.09. The summed E-state index contributed by atoms with van der Waals surface area (Å²) in [5.74, 6) is -0.356. The average molecular weight is 222 g/mol. The number of unbranched alkanes of at least 4 members (excludes halogenated alkanes) is 5. The molecule has 0 saturated heterocycles. The first kappa shape index (κ1) is 12.8. The Morgan fingerprint density at radius 3 is 2.62 bits per heavy atom. The van der Waals surface area contributed by atoms with Crippen molar-refractivity contribution in [3.63, 3.8) is 0 Å². The summed E-state index contributed by atoms with van der Waals surface area (Å²) in [4.78, 5) is 13.9. The normalized spacial score (nSPS) is 10.6. The molecule has 0 bridgehead atoms. The lowest BCUT2D eigenvalue weighted by Gasteiger charge is -2.01. The molecule has 1 amide bonds. The van der Waals surface area contributed by atoms with Gasteiger partial charge in [0.15, 0.2) is 0 Å². The zero-order valence-electron chi connectivity index (χ0n) is 10.1. The maximum atomic E-state index is 11.0. The van der Waals surface area contributed by atoms with Gasteiger partial charge in [-0.2, -0.15) is 0 Å². The standard InChI is InChI=1S/C13H22N2O/c1-2-3-4-5-6-7-8-11-9-10-15-12(11)13(14)16/h9-10,15H,2-8H2,1H3,(H2,14,16). The number of aromatic amines is 1. The third-order valence-electron chi connectivity index (χ3n) is 2.88. The van der Waals surface area contributed by atoms with E-state index in [-0.39, 0.29) is 5.91 Å². The van der Waals surface area contributed by atoms with Crippen LogP contribution < -0.4 is 5.73 Å². The minimum Gasteiger partial charge on any atom is -0.364 e. The third-order valence-corrected chi connectivity index (χ3v) is 2.88. The monoisotopic (exact) mass is 222 g/mol. The number of aromatic nitrogens is 1. The topological polar surface area (TPSA) is 58.9 Å². The Kier molecular flexibility index (Phi) is 5.68. The van der Waals surface area contributed by atoms with Crippen LogP contribution in [0, 0.1) is 0 Å². The molecule has 16 heavy (non-hydrogen) atoms.